The van der Waals surface area contributed by atoms with E-state index in [1.54, 1.807) is 31.3 Å². The lowest BCUT2D eigenvalue weighted by Gasteiger charge is -2.58. The van der Waals surface area contributed by atoms with Gasteiger partial charge < -0.3 is 38.3 Å². The molecule has 336 valence electrons. The summed E-state index contributed by atoms with van der Waals surface area (Å²) >= 11 is 0. The molecule has 2 aromatic carbocycles. The maximum absolute atomic E-state index is 12.2. The zero-order chi connectivity index (χ0) is 46.0. The van der Waals surface area contributed by atoms with Crippen molar-refractivity contribution in [2.75, 3.05) is 37.6 Å². The van der Waals surface area contributed by atoms with Gasteiger partial charge in [0, 0.05) is 61.2 Å². The van der Waals surface area contributed by atoms with Crippen molar-refractivity contribution in [1.82, 2.24) is 49.3 Å². The van der Waals surface area contributed by atoms with Gasteiger partial charge in [-0.15, -0.1) is 0 Å². The number of likely N-dealkylation sites (tertiary alicyclic amines) is 1. The van der Waals surface area contributed by atoms with Gasteiger partial charge in [0.25, 0.3) is 11.8 Å². The minimum atomic E-state index is -0.981. The first-order valence-electron chi connectivity index (χ1n) is 21.2. The predicted molar refractivity (Wildman–Crippen MR) is 243 cm³/mol. The maximum Gasteiger partial charge on any atom is 0.327 e. The molecule has 6 heterocycles. The number of nitrogen functional groups attached to an aromatic ring is 2. The van der Waals surface area contributed by atoms with Crippen LogP contribution >= 0.6 is 0 Å². The monoisotopic (exact) mass is 880 g/mol. The number of rotatable bonds is 12. The Morgan fingerprint density at radius 3 is 1.46 bits per heavy atom. The number of anilines is 2. The van der Waals surface area contributed by atoms with Crippen molar-refractivity contribution in [3.05, 3.63) is 133 Å². The van der Waals surface area contributed by atoms with Gasteiger partial charge in [0.15, 0.2) is 0 Å². The molecule has 2 aliphatic heterocycles. The summed E-state index contributed by atoms with van der Waals surface area (Å²) in [6.45, 7) is 11.3. The molecule has 4 aromatic heterocycles. The number of hydrogen-bond donors (Lipinski definition) is 6. The molecule has 4 aliphatic rings. The Kier molecular flexibility index (Phi) is 12.0. The van der Waals surface area contributed by atoms with E-state index >= 15 is 0 Å². The van der Waals surface area contributed by atoms with E-state index in [1.807, 2.05) is 77.7 Å². The lowest BCUT2D eigenvalue weighted by molar-refractivity contribution is -0.148. The quantitative estimate of drug-likeness (QED) is 0.0965. The Labute approximate surface area is 374 Å². The van der Waals surface area contributed by atoms with Gasteiger partial charge in [-0.2, -0.15) is 20.4 Å². The van der Waals surface area contributed by atoms with Gasteiger partial charge in [0.1, 0.15) is 34.2 Å². The van der Waals surface area contributed by atoms with E-state index in [-0.39, 0.29) is 40.4 Å². The van der Waals surface area contributed by atoms with Crippen molar-refractivity contribution in [3.8, 4) is 22.5 Å². The molecule has 0 atom stereocenters. The number of carboxylic acids is 1. The van der Waals surface area contributed by atoms with Crippen LogP contribution in [0.15, 0.2) is 111 Å². The van der Waals surface area contributed by atoms with Gasteiger partial charge in [0.05, 0.1) is 37.6 Å². The summed E-state index contributed by atoms with van der Waals surface area (Å²) in [4.78, 5) is 47.1. The van der Waals surface area contributed by atoms with Gasteiger partial charge in [-0.05, 0) is 48.3 Å². The highest BCUT2D eigenvalue weighted by molar-refractivity contribution is 6.04. The zero-order valence-corrected chi connectivity index (χ0v) is 35.8. The number of primary amides is 2. The van der Waals surface area contributed by atoms with E-state index in [0.717, 1.165) is 74.6 Å². The topological polar surface area (TPSA) is 279 Å². The molecule has 2 saturated heterocycles. The van der Waals surface area contributed by atoms with Crippen LogP contribution in [0.2, 0.25) is 0 Å². The molecule has 6 aromatic rings. The molecular formula is C46H52N14O5. The van der Waals surface area contributed by atoms with E-state index in [4.69, 9.17) is 28.0 Å². The van der Waals surface area contributed by atoms with Crippen LogP contribution in [0.4, 0.5) is 11.6 Å². The van der Waals surface area contributed by atoms with Crippen LogP contribution in [0.1, 0.15) is 69.6 Å². The molecule has 0 radical (unpaired) electrons. The number of amides is 3. The molecule has 10 rings (SSSR count). The average Bonchev–Trinajstić information content (AvgIpc) is 4.03. The van der Waals surface area contributed by atoms with Gasteiger partial charge in [-0.3, -0.25) is 23.7 Å². The number of carboxylic acid groups (broad SMARTS) is 1. The van der Waals surface area contributed by atoms with E-state index in [2.05, 4.69) is 38.9 Å². The Morgan fingerprint density at radius 2 is 1.11 bits per heavy atom. The summed E-state index contributed by atoms with van der Waals surface area (Å²) in [5, 5.41) is 29.1. The minimum Gasteiger partial charge on any atom is -0.478 e. The number of carbonyl (C=O) groups excluding carboxylic acids is 3. The SMILES string of the molecule is C=CC(=O)N1CC2(CC(n3nc(-c4cnn(Cc5ccccc5)c4)c(C(N)=O)c3N)C2)C1.C=CC(=O)O.NC(=O)c1c(-c2cnn(Cc3ccccc3)c2)nn(C2CC3(CNC3)C2)c1N. The summed E-state index contributed by atoms with van der Waals surface area (Å²) < 4.78 is 7.12. The van der Waals surface area contributed by atoms with Crippen LogP contribution in [0.5, 0.6) is 0 Å². The first-order chi connectivity index (χ1) is 31.2. The van der Waals surface area contributed by atoms with E-state index in [0.29, 0.717) is 41.3 Å². The van der Waals surface area contributed by atoms with Gasteiger partial charge in [-0.25, -0.2) is 14.2 Å². The van der Waals surface area contributed by atoms with Crippen molar-refractivity contribution < 1.29 is 24.3 Å². The molecule has 0 bridgehead atoms. The Balaban J connectivity index is 0.000000162. The number of benzene rings is 2. The number of carbonyl (C=O) groups is 4. The fourth-order valence-electron chi connectivity index (χ4n) is 9.33. The number of aromatic nitrogens is 8. The molecule has 3 amide bonds. The largest absolute Gasteiger partial charge is 0.478 e. The molecule has 19 nitrogen and oxygen atoms in total. The number of hydrogen-bond acceptors (Lipinski definition) is 11. The highest BCUT2D eigenvalue weighted by Gasteiger charge is 2.55. The van der Waals surface area contributed by atoms with Gasteiger partial charge >= 0.3 is 5.97 Å². The van der Waals surface area contributed by atoms with E-state index < -0.39 is 17.8 Å². The summed E-state index contributed by atoms with van der Waals surface area (Å²) in [6.07, 6.45) is 13.0. The van der Waals surface area contributed by atoms with Crippen LogP contribution in [0, 0.1) is 10.8 Å². The number of aliphatic carboxylic acids is 1. The van der Waals surface area contributed by atoms with Gasteiger partial charge in [0.2, 0.25) is 5.91 Å². The first-order valence-corrected chi connectivity index (χ1v) is 21.2. The molecule has 65 heavy (non-hydrogen) atoms. The summed E-state index contributed by atoms with van der Waals surface area (Å²) in [6, 6.07) is 20.3. The van der Waals surface area contributed by atoms with Crippen LogP contribution in [0.3, 0.4) is 0 Å². The first kappa shape index (κ1) is 43.8. The summed E-state index contributed by atoms with van der Waals surface area (Å²) in [5.41, 5.74) is 29.6. The molecule has 0 unspecified atom stereocenters. The van der Waals surface area contributed by atoms with E-state index in [1.165, 1.54) is 6.08 Å². The third kappa shape index (κ3) is 8.90. The predicted octanol–water partition coefficient (Wildman–Crippen LogP) is 3.48. The second-order valence-electron chi connectivity index (χ2n) is 17.3. The molecule has 19 heteroatoms. The fourth-order valence-corrected chi connectivity index (χ4v) is 9.33. The average molecular weight is 881 g/mol. The second kappa shape index (κ2) is 17.8. The zero-order valence-electron chi connectivity index (χ0n) is 35.8. The number of nitrogens with two attached hydrogens (primary N) is 4. The van der Waals surface area contributed by atoms with Crippen LogP contribution in [0.25, 0.3) is 22.5 Å². The fraction of sp³-hybridized carbons (Fsp3) is 0.304. The third-order valence-corrected chi connectivity index (χ3v) is 12.7. The highest BCUT2D eigenvalue weighted by Crippen LogP contribution is 2.55. The summed E-state index contributed by atoms with van der Waals surface area (Å²) in [5.74, 6) is -1.56. The molecule has 2 spiro atoms. The minimum absolute atomic E-state index is 0.0384. The lowest BCUT2D eigenvalue weighted by Crippen LogP contribution is -2.63. The molecule has 10 N–H and O–H groups in total. The van der Waals surface area contributed by atoms with E-state index in [9.17, 15) is 19.2 Å². The third-order valence-electron chi connectivity index (χ3n) is 12.7. The normalized spacial score (nSPS) is 17.5. The Morgan fingerprint density at radius 1 is 0.692 bits per heavy atom. The van der Waals surface area contributed by atoms with Crippen LogP contribution in [-0.4, -0.2) is 99.0 Å². The molecule has 2 aliphatic carbocycles. The van der Waals surface area contributed by atoms with Crippen molar-refractivity contribution in [3.63, 3.8) is 0 Å². The van der Waals surface area contributed by atoms with Crippen molar-refractivity contribution in [2.24, 2.45) is 22.3 Å². The lowest BCUT2D eigenvalue weighted by atomic mass is 9.60. The molecular weight excluding hydrogens is 829 g/mol. The Hall–Kier alpha value is -7.80. The number of nitrogens with zero attached hydrogens (tertiary/aromatic N) is 9. The standard InChI is InChI=1S/C23H25N7O2.C20H23N7O.C3H4O2/c1-2-18(31)28-13-23(14-28)8-17(9-23)30-21(24)19(22(25)32)20(27-30)16-10-26-29(12-16)11-15-6-4-3-5-7-15;21-18-16(19(22)28)17(25-27(18)15-6-20(7-15)11-23-12-20)14-8-24-26(10-14)9-13-4-2-1-3-5-13;1-2-3(4)5/h2-7,10,12,17H,1,8-9,11,13-14,24H2,(H2,25,32);1-5,8,10,15,23H,6-7,9,11-12,21H2,(H2,22,28);2H,1H2,(H,4,5). The summed E-state index contributed by atoms with van der Waals surface area (Å²) in [7, 11) is 0. The second-order valence-corrected chi connectivity index (χ2v) is 17.3. The molecule has 2 saturated carbocycles. The van der Waals surface area contributed by atoms with Crippen molar-refractivity contribution in [2.45, 2.75) is 50.9 Å². The van der Waals surface area contributed by atoms with Crippen molar-refractivity contribution >= 4 is 35.3 Å². The smallest absolute Gasteiger partial charge is 0.327 e. The highest BCUT2D eigenvalue weighted by atomic mass is 16.4. The number of nitrogens with one attached hydrogen (secondary N) is 1. The van der Waals surface area contributed by atoms with Crippen LogP contribution < -0.4 is 28.3 Å². The Bertz CT molecular complexity index is 2740. The van der Waals surface area contributed by atoms with Gasteiger partial charge in [-0.1, -0.05) is 73.8 Å². The van der Waals surface area contributed by atoms with Crippen molar-refractivity contribution in [1.29, 1.82) is 0 Å². The van der Waals surface area contributed by atoms with Crippen LogP contribution in [-0.2, 0) is 22.7 Å². The molecule has 4 fully saturated rings. The maximum atomic E-state index is 12.2.